The molecule has 7 heteroatoms. The number of halogens is 2. The fourth-order valence-corrected chi connectivity index (χ4v) is 2.34. The van der Waals surface area contributed by atoms with Crippen LogP contribution in [0.1, 0.15) is 5.69 Å². The highest BCUT2D eigenvalue weighted by Crippen LogP contribution is 2.19. The van der Waals surface area contributed by atoms with E-state index >= 15 is 0 Å². The van der Waals surface area contributed by atoms with E-state index in [1.807, 2.05) is 10.6 Å². The molecule has 1 aliphatic heterocycles. The van der Waals surface area contributed by atoms with Crippen molar-refractivity contribution in [3.8, 4) is 0 Å². The van der Waals surface area contributed by atoms with Gasteiger partial charge in [-0.3, -0.25) is 8.79 Å². The molecule has 0 bridgehead atoms. The van der Waals surface area contributed by atoms with Gasteiger partial charge in [0.25, 0.3) is 0 Å². The van der Waals surface area contributed by atoms with Gasteiger partial charge in [0.05, 0.1) is 6.67 Å². The van der Waals surface area contributed by atoms with E-state index in [0.717, 1.165) is 43.3 Å². The van der Waals surface area contributed by atoms with Crippen LogP contribution in [0.2, 0.25) is 0 Å². The summed E-state index contributed by atoms with van der Waals surface area (Å²) in [6, 6.07) is 0. The van der Waals surface area contributed by atoms with Gasteiger partial charge >= 0.3 is 0 Å². The number of rotatable bonds is 3. The Balaban J connectivity index is 0.00000133. The molecule has 0 atom stereocenters. The lowest BCUT2D eigenvalue weighted by atomic mass is 10.3. The molecule has 0 aliphatic carbocycles. The molecule has 0 radical (unpaired) electrons. The molecule has 5 nitrogen and oxygen atoms in total. The third kappa shape index (κ3) is 2.64. The van der Waals surface area contributed by atoms with Gasteiger partial charge in [0.15, 0.2) is 11.5 Å². The molecule has 1 saturated heterocycles. The Bertz CT molecular complexity index is 538. The molecule has 2 aromatic heterocycles. The Morgan fingerprint density at radius 1 is 1.26 bits per heavy atom. The fraction of sp³-hybridized carbons (Fsp3) is 0.500. The number of alkyl halides is 1. The number of aryl methyl sites for hydroxylation is 1. The van der Waals surface area contributed by atoms with Crippen molar-refractivity contribution in [2.24, 2.45) is 0 Å². The Kier molecular flexibility index (Phi) is 4.55. The summed E-state index contributed by atoms with van der Waals surface area (Å²) in [5.74, 6) is 0.893. The van der Waals surface area contributed by atoms with E-state index in [-0.39, 0.29) is 19.1 Å². The van der Waals surface area contributed by atoms with Crippen LogP contribution in [0.15, 0.2) is 18.6 Å². The average molecular weight is 286 g/mol. The van der Waals surface area contributed by atoms with Gasteiger partial charge in [0, 0.05) is 56.9 Å². The molecule has 3 rings (SSSR count). The Morgan fingerprint density at radius 3 is 2.79 bits per heavy atom. The Morgan fingerprint density at radius 2 is 2.05 bits per heavy atom. The largest absolute Gasteiger partial charge is 0.351 e. The van der Waals surface area contributed by atoms with Crippen LogP contribution in [-0.4, -0.2) is 47.2 Å². The van der Waals surface area contributed by atoms with E-state index in [1.54, 1.807) is 12.4 Å². The molecule has 2 aromatic rings. The molecule has 0 spiro atoms. The lowest BCUT2D eigenvalue weighted by molar-refractivity contribution is 0.491. The minimum absolute atomic E-state index is 0. The highest BCUT2D eigenvalue weighted by Gasteiger charge is 2.16. The van der Waals surface area contributed by atoms with Gasteiger partial charge in [-0.2, -0.15) is 0 Å². The van der Waals surface area contributed by atoms with Crippen LogP contribution in [0.4, 0.5) is 10.2 Å². The predicted molar refractivity (Wildman–Crippen MR) is 75.0 cm³/mol. The molecule has 1 N–H and O–H groups in total. The molecule has 0 unspecified atom stereocenters. The summed E-state index contributed by atoms with van der Waals surface area (Å²) in [6.45, 7) is 3.41. The zero-order valence-electron chi connectivity index (χ0n) is 10.5. The number of hydrogen-bond donors (Lipinski definition) is 1. The molecule has 1 aliphatic rings. The molecule has 104 valence electrons. The number of nitrogens with one attached hydrogen (secondary N) is 1. The number of fused-ring (bicyclic) bond motifs is 1. The summed E-state index contributed by atoms with van der Waals surface area (Å²) in [7, 11) is 0. The summed E-state index contributed by atoms with van der Waals surface area (Å²) in [6.07, 6.45) is 5.74. The number of piperazine rings is 1. The number of imidazole rings is 1. The summed E-state index contributed by atoms with van der Waals surface area (Å²) in [4.78, 5) is 11.0. The fourth-order valence-electron chi connectivity index (χ4n) is 2.34. The molecular weight excluding hydrogens is 269 g/mol. The molecule has 0 saturated carbocycles. The lowest BCUT2D eigenvalue weighted by Gasteiger charge is -2.28. The van der Waals surface area contributed by atoms with Crippen molar-refractivity contribution in [3.63, 3.8) is 0 Å². The topological polar surface area (TPSA) is 45.5 Å². The maximum atomic E-state index is 12.5. The van der Waals surface area contributed by atoms with E-state index in [2.05, 4.69) is 20.2 Å². The number of anilines is 1. The Labute approximate surface area is 117 Å². The van der Waals surface area contributed by atoms with E-state index in [9.17, 15) is 4.39 Å². The van der Waals surface area contributed by atoms with Crippen LogP contribution in [0.3, 0.4) is 0 Å². The van der Waals surface area contributed by atoms with Crippen molar-refractivity contribution < 1.29 is 4.39 Å². The molecule has 3 heterocycles. The smallest absolute Gasteiger partial charge is 0.180 e. The van der Waals surface area contributed by atoms with Crippen molar-refractivity contribution in [1.82, 2.24) is 19.7 Å². The third-order valence-corrected chi connectivity index (χ3v) is 3.25. The first-order valence-electron chi connectivity index (χ1n) is 6.23. The van der Waals surface area contributed by atoms with Crippen LogP contribution in [0.5, 0.6) is 0 Å². The van der Waals surface area contributed by atoms with Crippen molar-refractivity contribution in [2.75, 3.05) is 37.8 Å². The maximum absolute atomic E-state index is 12.5. The van der Waals surface area contributed by atoms with Crippen molar-refractivity contribution >= 4 is 23.9 Å². The van der Waals surface area contributed by atoms with E-state index in [0.29, 0.717) is 6.42 Å². The standard InChI is InChI=1S/C12H16FN5.ClH/c13-2-1-10-9-16-12-11(15-5-8-18(10)12)17-6-3-14-4-7-17;/h5,8-9,14H,1-4,6-7H2;1H. The zero-order chi connectivity index (χ0) is 12.4. The quantitative estimate of drug-likeness (QED) is 0.916. The summed E-state index contributed by atoms with van der Waals surface area (Å²) < 4.78 is 14.4. The van der Waals surface area contributed by atoms with Crippen molar-refractivity contribution in [2.45, 2.75) is 6.42 Å². The second-order valence-corrected chi connectivity index (χ2v) is 4.37. The van der Waals surface area contributed by atoms with Crippen molar-refractivity contribution in [3.05, 3.63) is 24.3 Å². The van der Waals surface area contributed by atoms with Gasteiger partial charge < -0.3 is 10.2 Å². The van der Waals surface area contributed by atoms with Gasteiger partial charge in [0.1, 0.15) is 0 Å². The minimum Gasteiger partial charge on any atom is -0.351 e. The number of hydrogen-bond acceptors (Lipinski definition) is 4. The van der Waals surface area contributed by atoms with E-state index < -0.39 is 0 Å². The third-order valence-electron chi connectivity index (χ3n) is 3.25. The molecule has 19 heavy (non-hydrogen) atoms. The second kappa shape index (κ2) is 6.16. The highest BCUT2D eigenvalue weighted by molar-refractivity contribution is 5.85. The molecular formula is C12H17ClFN5. The van der Waals surface area contributed by atoms with E-state index in [4.69, 9.17) is 0 Å². The average Bonchev–Trinajstić information content (AvgIpc) is 2.84. The van der Waals surface area contributed by atoms with Gasteiger partial charge in [0.2, 0.25) is 0 Å². The first-order chi connectivity index (χ1) is 8.90. The number of nitrogens with zero attached hydrogens (tertiary/aromatic N) is 4. The van der Waals surface area contributed by atoms with Crippen LogP contribution < -0.4 is 10.2 Å². The molecule has 0 aromatic carbocycles. The second-order valence-electron chi connectivity index (χ2n) is 4.37. The molecule has 0 amide bonds. The van der Waals surface area contributed by atoms with Gasteiger partial charge in [-0.25, -0.2) is 9.97 Å². The lowest BCUT2D eigenvalue weighted by Crippen LogP contribution is -2.44. The molecule has 1 fully saturated rings. The van der Waals surface area contributed by atoms with Crippen LogP contribution >= 0.6 is 12.4 Å². The SMILES string of the molecule is Cl.FCCc1cnc2c(N3CCNCC3)nccn12. The van der Waals surface area contributed by atoms with Gasteiger partial charge in [-0.15, -0.1) is 12.4 Å². The van der Waals surface area contributed by atoms with Crippen LogP contribution in [-0.2, 0) is 6.42 Å². The monoisotopic (exact) mass is 285 g/mol. The summed E-state index contributed by atoms with van der Waals surface area (Å²) >= 11 is 0. The normalized spacial score (nSPS) is 15.5. The minimum atomic E-state index is -0.362. The predicted octanol–water partition coefficient (Wildman–Crippen LogP) is 1.07. The summed E-state index contributed by atoms with van der Waals surface area (Å²) in [5, 5.41) is 3.31. The van der Waals surface area contributed by atoms with Crippen LogP contribution in [0.25, 0.3) is 5.65 Å². The van der Waals surface area contributed by atoms with E-state index in [1.165, 1.54) is 0 Å². The first kappa shape index (κ1) is 14.0. The Hall–Kier alpha value is -1.40. The van der Waals surface area contributed by atoms with Gasteiger partial charge in [-0.05, 0) is 0 Å². The van der Waals surface area contributed by atoms with Gasteiger partial charge in [-0.1, -0.05) is 0 Å². The highest BCUT2D eigenvalue weighted by atomic mass is 35.5. The summed E-state index contributed by atoms with van der Waals surface area (Å²) in [5.41, 5.74) is 1.72. The number of aromatic nitrogens is 3. The zero-order valence-corrected chi connectivity index (χ0v) is 11.4. The van der Waals surface area contributed by atoms with Crippen molar-refractivity contribution in [1.29, 1.82) is 0 Å². The maximum Gasteiger partial charge on any atom is 0.180 e. The van der Waals surface area contributed by atoms with Crippen LogP contribution in [0, 0.1) is 0 Å². The first-order valence-corrected chi connectivity index (χ1v) is 6.23.